The van der Waals surface area contributed by atoms with Crippen LogP contribution in [0.25, 0.3) is 15.9 Å². The highest BCUT2D eigenvalue weighted by atomic mass is 35.5. The highest BCUT2D eigenvalue weighted by molar-refractivity contribution is 6.50. The molecule has 1 aliphatic rings. The van der Waals surface area contributed by atoms with Gasteiger partial charge in [0.05, 0.1) is 10.5 Å². The molecule has 0 bridgehead atoms. The molecule has 1 atom stereocenters. The first-order chi connectivity index (χ1) is 13.5. The van der Waals surface area contributed by atoms with Crippen LogP contribution in [-0.2, 0) is 11.2 Å². The Morgan fingerprint density at radius 1 is 1.14 bits per heavy atom. The van der Waals surface area contributed by atoms with Crippen LogP contribution in [0.3, 0.4) is 0 Å². The van der Waals surface area contributed by atoms with Gasteiger partial charge in [-0.1, -0.05) is 43.1 Å². The standard InChI is InChI=1S/C22H20Cl2N2O2/c1-12(2)21(14-5-7-18-19(10-14)25-26-22(18)24)28-16-6-8-17-13(9-16)3-4-15(11-27)20(17)23/h5-12,21H,3-4H2,1-2H3,(H,25,26). The Morgan fingerprint density at radius 3 is 2.71 bits per heavy atom. The van der Waals surface area contributed by atoms with E-state index < -0.39 is 0 Å². The molecule has 1 aliphatic carbocycles. The summed E-state index contributed by atoms with van der Waals surface area (Å²) >= 11 is 12.5. The van der Waals surface area contributed by atoms with Crippen molar-refractivity contribution in [2.45, 2.75) is 32.8 Å². The number of ether oxygens (including phenoxy) is 1. The molecule has 1 heterocycles. The molecule has 0 saturated carbocycles. The lowest BCUT2D eigenvalue weighted by atomic mass is 9.92. The lowest BCUT2D eigenvalue weighted by Gasteiger charge is -2.25. The van der Waals surface area contributed by atoms with E-state index in [9.17, 15) is 4.79 Å². The predicted octanol–water partition coefficient (Wildman–Crippen LogP) is 6.09. The van der Waals surface area contributed by atoms with Crippen molar-refractivity contribution in [3.8, 4) is 5.75 Å². The van der Waals surface area contributed by atoms with E-state index in [-0.39, 0.29) is 12.0 Å². The summed E-state index contributed by atoms with van der Waals surface area (Å²) in [4.78, 5) is 11.1. The van der Waals surface area contributed by atoms with Crippen molar-refractivity contribution in [1.29, 1.82) is 0 Å². The van der Waals surface area contributed by atoms with Crippen LogP contribution in [0, 0.1) is 5.92 Å². The molecule has 6 heteroatoms. The third kappa shape index (κ3) is 3.43. The number of nitrogens with zero attached hydrogens (tertiary/aromatic N) is 1. The monoisotopic (exact) mass is 414 g/mol. The minimum Gasteiger partial charge on any atom is -0.485 e. The minimum atomic E-state index is -0.127. The van der Waals surface area contributed by atoms with Crippen LogP contribution in [-0.4, -0.2) is 16.5 Å². The van der Waals surface area contributed by atoms with Crippen molar-refractivity contribution in [1.82, 2.24) is 10.2 Å². The molecule has 144 valence electrons. The van der Waals surface area contributed by atoms with Crippen molar-refractivity contribution in [3.05, 3.63) is 63.8 Å². The van der Waals surface area contributed by atoms with E-state index in [1.807, 2.05) is 36.4 Å². The predicted molar refractivity (Wildman–Crippen MR) is 113 cm³/mol. The van der Waals surface area contributed by atoms with E-state index >= 15 is 0 Å². The van der Waals surface area contributed by atoms with Gasteiger partial charge in [0.1, 0.15) is 23.3 Å². The number of hydrogen-bond acceptors (Lipinski definition) is 3. The van der Waals surface area contributed by atoms with Gasteiger partial charge in [0.2, 0.25) is 0 Å². The first kappa shape index (κ1) is 19.0. The van der Waals surface area contributed by atoms with Crippen molar-refractivity contribution >= 4 is 45.4 Å². The van der Waals surface area contributed by atoms with Crippen LogP contribution in [0.2, 0.25) is 5.15 Å². The number of aryl methyl sites for hydroxylation is 1. The molecule has 28 heavy (non-hydrogen) atoms. The molecule has 0 amide bonds. The van der Waals surface area contributed by atoms with Gasteiger partial charge in [-0.25, -0.2) is 0 Å². The van der Waals surface area contributed by atoms with Crippen molar-refractivity contribution < 1.29 is 9.53 Å². The Kier molecular flexibility index (Phi) is 5.17. The Balaban J connectivity index is 1.65. The molecule has 0 fully saturated rings. The summed E-state index contributed by atoms with van der Waals surface area (Å²) in [5.74, 6) is 1.05. The number of aldehydes is 1. The Morgan fingerprint density at radius 2 is 1.96 bits per heavy atom. The number of aromatic nitrogens is 2. The second kappa shape index (κ2) is 7.61. The number of fused-ring (bicyclic) bond motifs is 2. The summed E-state index contributed by atoms with van der Waals surface area (Å²) < 4.78 is 6.37. The van der Waals surface area contributed by atoms with Gasteiger partial charge < -0.3 is 4.74 Å². The average Bonchev–Trinajstić information content (AvgIpc) is 3.06. The Bertz CT molecular complexity index is 1090. The average molecular weight is 415 g/mol. The lowest BCUT2D eigenvalue weighted by molar-refractivity contribution is -0.105. The maximum atomic E-state index is 11.1. The molecule has 0 radical (unpaired) electrons. The maximum Gasteiger partial charge on any atom is 0.147 e. The maximum absolute atomic E-state index is 11.1. The number of halogens is 2. The van der Waals surface area contributed by atoms with Crippen LogP contribution in [0.4, 0.5) is 0 Å². The number of carbonyl (C=O) groups excluding carboxylic acids is 1. The van der Waals surface area contributed by atoms with Crippen LogP contribution in [0.5, 0.6) is 5.75 Å². The zero-order valence-corrected chi connectivity index (χ0v) is 17.1. The fraction of sp³-hybridized carbons (Fsp3) is 0.273. The van der Waals surface area contributed by atoms with E-state index in [4.69, 9.17) is 27.9 Å². The fourth-order valence-corrected chi connectivity index (χ4v) is 4.16. The van der Waals surface area contributed by atoms with Crippen LogP contribution in [0.15, 0.2) is 42.0 Å². The Labute approximate surface area is 173 Å². The van der Waals surface area contributed by atoms with Gasteiger partial charge in [-0.3, -0.25) is 9.89 Å². The van der Waals surface area contributed by atoms with Gasteiger partial charge in [0, 0.05) is 11.0 Å². The summed E-state index contributed by atoms with van der Waals surface area (Å²) in [6.07, 6.45) is 2.16. The first-order valence-electron chi connectivity index (χ1n) is 9.25. The molecular weight excluding hydrogens is 395 g/mol. The zero-order valence-electron chi connectivity index (χ0n) is 15.6. The van der Waals surface area contributed by atoms with Crippen molar-refractivity contribution in [3.63, 3.8) is 0 Å². The number of allylic oxidation sites excluding steroid dienone is 1. The third-order valence-electron chi connectivity index (χ3n) is 5.13. The van der Waals surface area contributed by atoms with E-state index in [1.165, 1.54) is 0 Å². The molecule has 1 aromatic heterocycles. The highest BCUT2D eigenvalue weighted by Crippen LogP contribution is 2.37. The molecule has 4 nitrogen and oxygen atoms in total. The minimum absolute atomic E-state index is 0.127. The number of benzene rings is 2. The van der Waals surface area contributed by atoms with Gasteiger partial charge in [-0.15, -0.1) is 0 Å². The molecule has 0 spiro atoms. The Hall–Kier alpha value is -2.30. The molecule has 0 saturated heterocycles. The van der Waals surface area contributed by atoms with Gasteiger partial charge in [0.25, 0.3) is 0 Å². The number of carbonyl (C=O) groups is 1. The van der Waals surface area contributed by atoms with E-state index in [1.54, 1.807) is 0 Å². The number of H-pyrrole nitrogens is 1. The van der Waals surface area contributed by atoms with Crippen LogP contribution in [0.1, 0.15) is 43.1 Å². The summed E-state index contributed by atoms with van der Waals surface area (Å²) in [7, 11) is 0. The fourth-order valence-electron chi connectivity index (χ4n) is 3.64. The van der Waals surface area contributed by atoms with Crippen LogP contribution >= 0.6 is 23.2 Å². The van der Waals surface area contributed by atoms with Gasteiger partial charge in [-0.05, 0) is 65.8 Å². The molecular formula is C22H20Cl2N2O2. The van der Waals surface area contributed by atoms with Crippen molar-refractivity contribution in [2.24, 2.45) is 5.92 Å². The summed E-state index contributed by atoms with van der Waals surface area (Å²) in [6.45, 7) is 4.25. The summed E-state index contributed by atoms with van der Waals surface area (Å²) in [6, 6.07) is 11.9. The topological polar surface area (TPSA) is 55.0 Å². The van der Waals surface area contributed by atoms with E-state index in [2.05, 4.69) is 24.0 Å². The number of aromatic amines is 1. The van der Waals surface area contributed by atoms with Gasteiger partial charge >= 0.3 is 0 Å². The lowest BCUT2D eigenvalue weighted by Crippen LogP contribution is -2.14. The van der Waals surface area contributed by atoms with Crippen molar-refractivity contribution in [2.75, 3.05) is 0 Å². The number of nitrogens with one attached hydrogen (secondary N) is 1. The smallest absolute Gasteiger partial charge is 0.147 e. The summed E-state index contributed by atoms with van der Waals surface area (Å²) in [5, 5.41) is 9.03. The van der Waals surface area contributed by atoms with E-state index in [0.717, 1.165) is 46.0 Å². The molecule has 2 aromatic carbocycles. The van der Waals surface area contributed by atoms with Crippen LogP contribution < -0.4 is 4.74 Å². The largest absolute Gasteiger partial charge is 0.485 e. The molecule has 4 rings (SSSR count). The molecule has 0 aliphatic heterocycles. The van der Waals surface area contributed by atoms with E-state index in [0.29, 0.717) is 22.2 Å². The van der Waals surface area contributed by atoms with Gasteiger partial charge in [-0.2, -0.15) is 5.10 Å². The zero-order chi connectivity index (χ0) is 19.8. The first-order valence-corrected chi connectivity index (χ1v) is 10.0. The number of hydrogen-bond donors (Lipinski definition) is 1. The second-order valence-corrected chi connectivity index (χ2v) is 8.13. The SMILES string of the molecule is CC(C)C(Oc1ccc2c(c1)CCC(C=O)=C2Cl)c1ccc2c(Cl)[nH]nc2c1. The molecule has 1 N–H and O–H groups in total. The quantitative estimate of drug-likeness (QED) is 0.514. The number of rotatable bonds is 5. The highest BCUT2D eigenvalue weighted by Gasteiger charge is 2.22. The van der Waals surface area contributed by atoms with Gasteiger partial charge in [0.15, 0.2) is 0 Å². The second-order valence-electron chi connectivity index (χ2n) is 7.37. The summed E-state index contributed by atoms with van der Waals surface area (Å²) in [5.41, 5.74) is 4.54. The third-order valence-corrected chi connectivity index (χ3v) is 5.87. The normalized spacial score (nSPS) is 15.0. The molecule has 1 unspecified atom stereocenters. The molecule has 3 aromatic rings.